The summed E-state index contributed by atoms with van der Waals surface area (Å²) >= 11 is 13.4. The van der Waals surface area contributed by atoms with E-state index in [2.05, 4.69) is 30.6 Å². The molecule has 0 amide bonds. The first-order valence-corrected chi connectivity index (χ1v) is 12.6. The first-order chi connectivity index (χ1) is 14.3. The molecule has 1 aromatic carbocycles. The molecule has 1 aliphatic carbocycles. The topological polar surface area (TPSA) is 15.7 Å². The van der Waals surface area contributed by atoms with Gasteiger partial charge >= 0.3 is 0 Å². The van der Waals surface area contributed by atoms with Gasteiger partial charge in [-0.15, -0.1) is 0 Å². The first-order valence-electron chi connectivity index (χ1n) is 11.8. The van der Waals surface area contributed by atoms with Crippen molar-refractivity contribution in [3.63, 3.8) is 0 Å². The lowest BCUT2D eigenvalue weighted by molar-refractivity contribution is 0.0317. The van der Waals surface area contributed by atoms with E-state index in [-0.39, 0.29) is 5.41 Å². The molecule has 1 aromatic rings. The summed E-state index contributed by atoms with van der Waals surface area (Å²) in [7, 11) is 0. The van der Waals surface area contributed by atoms with Crippen LogP contribution >= 0.6 is 23.2 Å². The highest BCUT2D eigenvalue weighted by Gasteiger charge is 2.28. The lowest BCUT2D eigenvalue weighted by Crippen LogP contribution is -2.47. The Kier molecular flexibility index (Phi) is 9.19. The van der Waals surface area contributed by atoms with E-state index in [0.717, 1.165) is 61.0 Å². The molecule has 1 atom stereocenters. The van der Waals surface area contributed by atoms with Crippen molar-refractivity contribution in [2.75, 3.05) is 44.3 Å². The zero-order valence-electron chi connectivity index (χ0n) is 19.1. The Morgan fingerprint density at radius 3 is 2.27 bits per heavy atom. The maximum Gasteiger partial charge on any atom is 0.0745 e. The van der Waals surface area contributed by atoms with Crippen LogP contribution in [0.3, 0.4) is 0 Å². The smallest absolute Gasteiger partial charge is 0.0745 e. The van der Waals surface area contributed by atoms with E-state index in [0.29, 0.717) is 6.04 Å². The average Bonchev–Trinajstić information content (AvgIpc) is 3.21. The minimum atomic E-state index is 0.184. The number of hydrogen-bond donors (Lipinski definition) is 0. The van der Waals surface area contributed by atoms with Crippen LogP contribution in [0, 0.1) is 11.3 Å². The summed E-state index contributed by atoms with van der Waals surface area (Å²) < 4.78 is 6.23. The molecule has 1 aliphatic heterocycles. The van der Waals surface area contributed by atoms with Crippen molar-refractivity contribution in [3.8, 4) is 0 Å². The third kappa shape index (κ3) is 7.29. The summed E-state index contributed by atoms with van der Waals surface area (Å²) in [5.41, 5.74) is 1.19. The Balaban J connectivity index is 1.78. The monoisotopic (exact) mass is 454 g/mol. The third-order valence-corrected chi connectivity index (χ3v) is 7.00. The van der Waals surface area contributed by atoms with E-state index in [1.54, 1.807) is 0 Å². The Labute approximate surface area is 194 Å². The standard InChI is InChI=1S/C25H40Cl2N2O/c1-25(2,3)19-30-18-21(28-14-7-8-15-28)17-29(16-20-10-5-4-6-11-20)24-22(26)12-9-13-23(24)27/h9,12-13,20-21H,4-8,10-11,14-19H2,1-3H3. The molecular formula is C25H40Cl2N2O. The van der Waals surface area contributed by atoms with Gasteiger partial charge in [-0.25, -0.2) is 0 Å². The van der Waals surface area contributed by atoms with Gasteiger partial charge < -0.3 is 9.64 Å². The predicted octanol–water partition coefficient (Wildman–Crippen LogP) is 6.91. The molecule has 3 nitrogen and oxygen atoms in total. The van der Waals surface area contributed by atoms with E-state index >= 15 is 0 Å². The molecule has 0 aromatic heterocycles. The number of ether oxygens (including phenoxy) is 1. The van der Waals surface area contributed by atoms with Crippen LogP contribution in [0.15, 0.2) is 18.2 Å². The van der Waals surface area contributed by atoms with Crippen LogP contribution in [-0.4, -0.2) is 50.3 Å². The molecule has 2 aliphatic rings. The van der Waals surface area contributed by atoms with Crippen LogP contribution in [-0.2, 0) is 4.74 Å². The SMILES string of the molecule is CC(C)(C)COCC(CN(CC1CCCCC1)c1c(Cl)cccc1Cl)N1CCCC1. The Morgan fingerprint density at radius 2 is 1.67 bits per heavy atom. The number of para-hydroxylation sites is 1. The number of benzene rings is 1. The van der Waals surface area contributed by atoms with E-state index < -0.39 is 0 Å². The zero-order chi connectivity index (χ0) is 21.6. The molecule has 0 bridgehead atoms. The quantitative estimate of drug-likeness (QED) is 0.403. The van der Waals surface area contributed by atoms with Crippen molar-refractivity contribution < 1.29 is 4.74 Å². The Morgan fingerprint density at radius 1 is 1.03 bits per heavy atom. The summed E-state index contributed by atoms with van der Waals surface area (Å²) in [4.78, 5) is 5.09. The molecule has 0 N–H and O–H groups in total. The van der Waals surface area contributed by atoms with Crippen molar-refractivity contribution in [3.05, 3.63) is 28.2 Å². The first kappa shape index (κ1) is 24.2. The molecule has 1 unspecified atom stereocenters. The second-order valence-corrected chi connectivity index (χ2v) is 11.3. The van der Waals surface area contributed by atoms with Crippen molar-refractivity contribution in [2.24, 2.45) is 11.3 Å². The molecule has 1 saturated carbocycles. The minimum Gasteiger partial charge on any atom is -0.379 e. The fourth-order valence-electron chi connectivity index (χ4n) is 4.87. The minimum absolute atomic E-state index is 0.184. The number of rotatable bonds is 9. The zero-order valence-corrected chi connectivity index (χ0v) is 20.6. The van der Waals surface area contributed by atoms with E-state index in [9.17, 15) is 0 Å². The third-order valence-electron chi connectivity index (χ3n) is 6.39. The molecular weight excluding hydrogens is 415 g/mol. The highest BCUT2D eigenvalue weighted by Crippen LogP contribution is 2.36. The molecule has 30 heavy (non-hydrogen) atoms. The van der Waals surface area contributed by atoms with E-state index in [1.807, 2.05) is 18.2 Å². The van der Waals surface area contributed by atoms with Crippen LogP contribution in [0.25, 0.3) is 0 Å². The van der Waals surface area contributed by atoms with Crippen LogP contribution in [0.4, 0.5) is 5.69 Å². The van der Waals surface area contributed by atoms with Gasteiger partial charge in [0.1, 0.15) is 0 Å². The van der Waals surface area contributed by atoms with Crippen LogP contribution in [0.2, 0.25) is 10.0 Å². The lowest BCUT2D eigenvalue weighted by atomic mass is 9.88. The van der Waals surface area contributed by atoms with Crippen LogP contribution in [0.5, 0.6) is 0 Å². The summed E-state index contributed by atoms with van der Waals surface area (Å²) in [5, 5.41) is 1.52. The van der Waals surface area contributed by atoms with Crippen LogP contribution < -0.4 is 4.90 Å². The number of nitrogens with zero attached hydrogens (tertiary/aromatic N) is 2. The van der Waals surface area contributed by atoms with Crippen molar-refractivity contribution in [1.29, 1.82) is 0 Å². The molecule has 170 valence electrons. The molecule has 1 saturated heterocycles. The molecule has 1 heterocycles. The van der Waals surface area contributed by atoms with Gasteiger partial charge in [-0.3, -0.25) is 4.90 Å². The summed E-state index contributed by atoms with van der Waals surface area (Å²) in [6.45, 7) is 12.5. The summed E-state index contributed by atoms with van der Waals surface area (Å²) in [6.07, 6.45) is 9.26. The average molecular weight is 456 g/mol. The number of halogens is 2. The highest BCUT2D eigenvalue weighted by atomic mass is 35.5. The van der Waals surface area contributed by atoms with Gasteiger partial charge in [-0.05, 0) is 62.2 Å². The number of hydrogen-bond acceptors (Lipinski definition) is 3. The second kappa shape index (κ2) is 11.4. The van der Waals surface area contributed by atoms with Gasteiger partial charge in [0.15, 0.2) is 0 Å². The van der Waals surface area contributed by atoms with Crippen molar-refractivity contribution >= 4 is 28.9 Å². The number of anilines is 1. The fraction of sp³-hybridized carbons (Fsp3) is 0.760. The van der Waals surface area contributed by atoms with Gasteiger partial charge in [0, 0.05) is 13.1 Å². The Bertz CT molecular complexity index is 629. The van der Waals surface area contributed by atoms with Gasteiger partial charge in [0.05, 0.1) is 35.0 Å². The van der Waals surface area contributed by atoms with Crippen molar-refractivity contribution in [1.82, 2.24) is 4.90 Å². The van der Waals surface area contributed by atoms with Gasteiger partial charge in [-0.2, -0.15) is 0 Å². The van der Waals surface area contributed by atoms with Gasteiger partial charge in [-0.1, -0.05) is 69.3 Å². The van der Waals surface area contributed by atoms with E-state index in [4.69, 9.17) is 27.9 Å². The normalized spacial score (nSPS) is 19.9. The fourth-order valence-corrected chi connectivity index (χ4v) is 5.50. The maximum atomic E-state index is 6.68. The predicted molar refractivity (Wildman–Crippen MR) is 130 cm³/mol. The van der Waals surface area contributed by atoms with Crippen molar-refractivity contribution in [2.45, 2.75) is 71.8 Å². The molecule has 0 spiro atoms. The summed E-state index contributed by atoms with van der Waals surface area (Å²) in [5.74, 6) is 0.723. The highest BCUT2D eigenvalue weighted by molar-refractivity contribution is 6.39. The largest absolute Gasteiger partial charge is 0.379 e. The van der Waals surface area contributed by atoms with Gasteiger partial charge in [0.2, 0.25) is 0 Å². The maximum absolute atomic E-state index is 6.68. The molecule has 5 heteroatoms. The molecule has 3 rings (SSSR count). The Hall–Kier alpha value is -0.480. The molecule has 2 fully saturated rings. The van der Waals surface area contributed by atoms with E-state index in [1.165, 1.54) is 44.9 Å². The lowest BCUT2D eigenvalue weighted by Gasteiger charge is -2.38. The number of likely N-dealkylation sites (tertiary alicyclic amines) is 1. The second-order valence-electron chi connectivity index (χ2n) is 10.5. The molecule has 0 radical (unpaired) electrons. The van der Waals surface area contributed by atoms with Crippen LogP contribution in [0.1, 0.15) is 65.7 Å². The summed E-state index contributed by atoms with van der Waals surface area (Å²) in [6, 6.07) is 6.25. The van der Waals surface area contributed by atoms with Gasteiger partial charge in [0.25, 0.3) is 0 Å².